The smallest absolute Gasteiger partial charge is 0.317 e. The molecule has 1 rings (SSSR count). The molecule has 0 fully saturated rings. The van der Waals surface area contributed by atoms with E-state index in [0.717, 1.165) is 6.42 Å². The molecule has 1 aromatic rings. The topological polar surface area (TPSA) is 78.9 Å². The molecule has 22 heavy (non-hydrogen) atoms. The number of ether oxygens (including phenoxy) is 1. The van der Waals surface area contributed by atoms with Gasteiger partial charge in [-0.25, -0.2) is 0 Å². The zero-order valence-electron chi connectivity index (χ0n) is 12.5. The van der Waals surface area contributed by atoms with E-state index in [1.165, 1.54) is 0 Å². The summed E-state index contributed by atoms with van der Waals surface area (Å²) in [5.74, 6) is -0.518. The first-order chi connectivity index (χ1) is 10.5. The van der Waals surface area contributed by atoms with Crippen molar-refractivity contribution in [1.82, 2.24) is 10.2 Å². The highest BCUT2D eigenvalue weighted by atomic mass is 35.5. The van der Waals surface area contributed by atoms with Gasteiger partial charge in [-0.3, -0.25) is 14.5 Å². The van der Waals surface area contributed by atoms with Gasteiger partial charge < -0.3 is 15.2 Å². The molecule has 1 amide bonds. The van der Waals surface area contributed by atoms with E-state index in [2.05, 4.69) is 5.32 Å². The van der Waals surface area contributed by atoms with Gasteiger partial charge in [0.25, 0.3) is 0 Å². The van der Waals surface area contributed by atoms with Crippen molar-refractivity contribution in [3.05, 3.63) is 29.3 Å². The molecule has 0 bridgehead atoms. The molecule has 0 heterocycles. The Hall–Kier alpha value is -1.79. The molecule has 0 saturated heterocycles. The maximum absolute atomic E-state index is 11.8. The summed E-state index contributed by atoms with van der Waals surface area (Å²) in [4.78, 5) is 24.1. The number of hydrogen-bond acceptors (Lipinski definition) is 4. The van der Waals surface area contributed by atoms with E-state index in [1.54, 1.807) is 29.2 Å². The van der Waals surface area contributed by atoms with Crippen molar-refractivity contribution in [1.29, 1.82) is 0 Å². The number of carboxylic acids is 1. The highest BCUT2D eigenvalue weighted by Gasteiger charge is 2.12. The maximum Gasteiger partial charge on any atom is 0.317 e. The van der Waals surface area contributed by atoms with Crippen LogP contribution >= 0.6 is 11.6 Å². The van der Waals surface area contributed by atoms with Crippen LogP contribution in [0.2, 0.25) is 5.02 Å². The van der Waals surface area contributed by atoms with Crippen molar-refractivity contribution in [3.63, 3.8) is 0 Å². The molecule has 7 heteroatoms. The zero-order valence-corrected chi connectivity index (χ0v) is 13.3. The number of carboxylic acid groups (broad SMARTS) is 1. The average Bonchev–Trinajstić information content (AvgIpc) is 2.43. The van der Waals surface area contributed by atoms with E-state index in [9.17, 15) is 9.59 Å². The molecule has 0 aliphatic rings. The number of aliphatic carboxylic acids is 1. The first-order valence-corrected chi connectivity index (χ1v) is 7.48. The van der Waals surface area contributed by atoms with Gasteiger partial charge in [0.15, 0.2) is 0 Å². The number of rotatable bonds is 10. The zero-order chi connectivity index (χ0) is 16.4. The first-order valence-electron chi connectivity index (χ1n) is 7.10. The van der Waals surface area contributed by atoms with Crippen LogP contribution in [-0.2, 0) is 9.59 Å². The molecular formula is C15H21ClN2O4. The lowest BCUT2D eigenvalue weighted by molar-refractivity contribution is -0.138. The third kappa shape index (κ3) is 7.85. The molecule has 1 aromatic carbocycles. The van der Waals surface area contributed by atoms with Crippen LogP contribution in [0.4, 0.5) is 0 Å². The van der Waals surface area contributed by atoms with Crippen LogP contribution in [-0.4, -0.2) is 54.7 Å². The monoisotopic (exact) mass is 328 g/mol. The summed E-state index contributed by atoms with van der Waals surface area (Å²) in [6.07, 6.45) is 0.790. The number of halogens is 1. The summed E-state index contributed by atoms with van der Waals surface area (Å²) in [7, 11) is 0. The Bertz CT molecular complexity index is 496. The summed E-state index contributed by atoms with van der Waals surface area (Å²) in [6, 6.07) is 7.01. The van der Waals surface area contributed by atoms with E-state index < -0.39 is 5.97 Å². The fourth-order valence-electron chi connectivity index (χ4n) is 1.90. The van der Waals surface area contributed by atoms with Gasteiger partial charge in [-0.2, -0.15) is 0 Å². The lowest BCUT2D eigenvalue weighted by Gasteiger charge is -2.18. The molecule has 2 N–H and O–H groups in total. The van der Waals surface area contributed by atoms with Crippen LogP contribution in [0.5, 0.6) is 5.75 Å². The quantitative estimate of drug-likeness (QED) is 0.638. The van der Waals surface area contributed by atoms with E-state index in [-0.39, 0.29) is 19.0 Å². The molecule has 0 aliphatic heterocycles. The predicted molar refractivity (Wildman–Crippen MR) is 84.3 cm³/mol. The number of carbonyl (C=O) groups excluding carboxylic acids is 1. The van der Waals surface area contributed by atoms with Gasteiger partial charge in [0.1, 0.15) is 12.4 Å². The van der Waals surface area contributed by atoms with E-state index in [1.807, 2.05) is 6.92 Å². The van der Waals surface area contributed by atoms with Gasteiger partial charge in [0.05, 0.1) is 19.6 Å². The molecule has 6 nitrogen and oxygen atoms in total. The predicted octanol–water partition coefficient (Wildman–Crippen LogP) is 1.63. The molecule has 0 saturated carbocycles. The standard InChI is InChI=1S/C15H21ClN2O4/c1-2-7-18(11-15(20)21)10-14(19)17-6-8-22-13-5-3-4-12(16)9-13/h3-5,9H,2,6-8,10-11H2,1H3,(H,17,19)(H,20,21). The second-order valence-electron chi connectivity index (χ2n) is 4.76. The van der Waals surface area contributed by atoms with Crippen molar-refractivity contribution < 1.29 is 19.4 Å². The minimum atomic E-state index is -0.939. The Morgan fingerprint density at radius 1 is 1.36 bits per heavy atom. The Kier molecular flexibility index (Phi) is 8.32. The van der Waals surface area contributed by atoms with Gasteiger partial charge in [0, 0.05) is 5.02 Å². The number of nitrogens with zero attached hydrogens (tertiary/aromatic N) is 1. The number of benzene rings is 1. The van der Waals surface area contributed by atoms with Crippen molar-refractivity contribution in [3.8, 4) is 5.75 Å². The summed E-state index contributed by atoms with van der Waals surface area (Å²) < 4.78 is 5.45. The van der Waals surface area contributed by atoms with Gasteiger partial charge in [0.2, 0.25) is 5.91 Å². The SMILES string of the molecule is CCCN(CC(=O)O)CC(=O)NCCOc1cccc(Cl)c1. The fraction of sp³-hybridized carbons (Fsp3) is 0.467. The third-order valence-corrected chi connectivity index (χ3v) is 2.99. The summed E-state index contributed by atoms with van der Waals surface area (Å²) in [5, 5.41) is 12.1. The number of hydrogen-bond donors (Lipinski definition) is 2. The molecule has 0 spiro atoms. The van der Waals surface area contributed by atoms with Crippen molar-refractivity contribution in [2.45, 2.75) is 13.3 Å². The van der Waals surface area contributed by atoms with Crippen molar-refractivity contribution in [2.75, 3.05) is 32.8 Å². The van der Waals surface area contributed by atoms with E-state index >= 15 is 0 Å². The lowest BCUT2D eigenvalue weighted by Crippen LogP contribution is -2.41. The van der Waals surface area contributed by atoms with Crippen LogP contribution in [0.15, 0.2) is 24.3 Å². The normalized spacial score (nSPS) is 10.5. The number of carbonyl (C=O) groups is 2. The lowest BCUT2D eigenvalue weighted by atomic mass is 10.3. The summed E-state index contributed by atoms with van der Waals surface area (Å²) in [5.41, 5.74) is 0. The highest BCUT2D eigenvalue weighted by Crippen LogP contribution is 2.16. The van der Waals surface area contributed by atoms with Gasteiger partial charge in [-0.05, 0) is 31.2 Å². The molecule has 0 unspecified atom stereocenters. The second kappa shape index (κ2) is 10.0. The van der Waals surface area contributed by atoms with Gasteiger partial charge >= 0.3 is 5.97 Å². The Morgan fingerprint density at radius 3 is 2.77 bits per heavy atom. The molecule has 0 aliphatic carbocycles. The second-order valence-corrected chi connectivity index (χ2v) is 5.20. The van der Waals surface area contributed by atoms with Crippen molar-refractivity contribution in [2.24, 2.45) is 0 Å². The Labute approximate surface area is 135 Å². The van der Waals surface area contributed by atoms with Gasteiger partial charge in [-0.15, -0.1) is 0 Å². The average molecular weight is 329 g/mol. The summed E-state index contributed by atoms with van der Waals surface area (Å²) >= 11 is 5.83. The first kappa shape index (κ1) is 18.3. The fourth-order valence-corrected chi connectivity index (χ4v) is 2.08. The molecule has 0 atom stereocenters. The summed E-state index contributed by atoms with van der Waals surface area (Å²) in [6.45, 7) is 3.10. The van der Waals surface area contributed by atoms with E-state index in [4.69, 9.17) is 21.4 Å². The van der Waals surface area contributed by atoms with Crippen LogP contribution in [0, 0.1) is 0 Å². The van der Waals surface area contributed by atoms with Gasteiger partial charge in [-0.1, -0.05) is 24.6 Å². The molecule has 0 radical (unpaired) electrons. The Balaban J connectivity index is 2.25. The minimum absolute atomic E-state index is 0.0668. The molecular weight excluding hydrogens is 308 g/mol. The van der Waals surface area contributed by atoms with E-state index in [0.29, 0.717) is 30.5 Å². The van der Waals surface area contributed by atoms with Crippen LogP contribution in [0.25, 0.3) is 0 Å². The van der Waals surface area contributed by atoms with Crippen LogP contribution in [0.1, 0.15) is 13.3 Å². The minimum Gasteiger partial charge on any atom is -0.492 e. The largest absolute Gasteiger partial charge is 0.492 e. The maximum atomic E-state index is 11.8. The molecule has 0 aromatic heterocycles. The van der Waals surface area contributed by atoms with Crippen LogP contribution in [0.3, 0.4) is 0 Å². The highest BCUT2D eigenvalue weighted by molar-refractivity contribution is 6.30. The number of amides is 1. The Morgan fingerprint density at radius 2 is 2.14 bits per heavy atom. The molecule has 122 valence electrons. The third-order valence-electron chi connectivity index (χ3n) is 2.75. The van der Waals surface area contributed by atoms with Crippen LogP contribution < -0.4 is 10.1 Å². The number of nitrogens with one attached hydrogen (secondary N) is 1. The van der Waals surface area contributed by atoms with Crippen molar-refractivity contribution >= 4 is 23.5 Å².